The van der Waals surface area contributed by atoms with E-state index in [1.165, 1.54) is 23.1 Å². The van der Waals surface area contributed by atoms with Crippen molar-refractivity contribution in [2.45, 2.75) is 25.7 Å². The van der Waals surface area contributed by atoms with Crippen molar-refractivity contribution in [2.75, 3.05) is 6.54 Å². The number of nitrogens with zero attached hydrogens (tertiary/aromatic N) is 3. The van der Waals surface area contributed by atoms with Crippen LogP contribution in [0.1, 0.15) is 31.4 Å². The lowest BCUT2D eigenvalue weighted by molar-refractivity contribution is -0.137. The smallest absolute Gasteiger partial charge is 0.303 e. The number of pyridine rings is 1. The molecule has 1 aliphatic heterocycles. The van der Waals surface area contributed by atoms with Crippen molar-refractivity contribution in [1.82, 2.24) is 14.5 Å². The number of unbranched alkanes of at least 4 members (excludes halogenated alkanes) is 2. The lowest BCUT2D eigenvalue weighted by atomic mass is 10.1. The molecule has 4 rings (SSSR count). The maximum Gasteiger partial charge on any atom is 0.303 e. The van der Waals surface area contributed by atoms with Crippen LogP contribution in [-0.2, 0) is 16.6 Å². The highest BCUT2D eigenvalue weighted by atomic mass is 32.2. The van der Waals surface area contributed by atoms with Crippen LogP contribution in [0.4, 0.5) is 0 Å². The molecule has 170 valence electrons. The van der Waals surface area contributed by atoms with Gasteiger partial charge in [0.2, 0.25) is 0 Å². The van der Waals surface area contributed by atoms with E-state index in [4.69, 9.17) is 27.7 Å². The van der Waals surface area contributed by atoms with Crippen molar-refractivity contribution in [3.63, 3.8) is 0 Å². The van der Waals surface area contributed by atoms with Crippen molar-refractivity contribution in [3.8, 4) is 11.3 Å². The molecule has 3 heterocycles. The normalized spacial score (nSPS) is 15.2. The first-order chi connectivity index (χ1) is 15.8. The molecule has 0 aliphatic carbocycles. The molecule has 0 spiro atoms. The summed E-state index contributed by atoms with van der Waals surface area (Å²) in [5.41, 5.74) is 3.43. The zero-order valence-electron chi connectivity index (χ0n) is 17.9. The molecule has 1 fully saturated rings. The second-order valence-corrected chi connectivity index (χ2v) is 10.3. The average Bonchev–Trinajstić information content (AvgIpc) is 3.22. The Bertz CT molecular complexity index is 1340. The van der Waals surface area contributed by atoms with E-state index in [0.29, 0.717) is 39.1 Å². The Labute approximate surface area is 204 Å². The molecular formula is C23H22N4O3S3. The minimum Gasteiger partial charge on any atom is -0.481 e. The number of carboxylic acid groups (broad SMARTS) is 1. The van der Waals surface area contributed by atoms with Gasteiger partial charge in [0.25, 0.3) is 5.91 Å². The average molecular weight is 499 g/mol. The first-order valence-electron chi connectivity index (χ1n) is 10.4. The molecule has 3 aromatic rings. The summed E-state index contributed by atoms with van der Waals surface area (Å²) in [6.45, 7) is 0.491. The number of rotatable bonds is 8. The molecule has 0 unspecified atom stereocenters. The van der Waals surface area contributed by atoms with Gasteiger partial charge in [0.05, 0.1) is 26.5 Å². The number of nitrogens with one attached hydrogen (secondary N) is 1. The minimum absolute atomic E-state index is 0.133. The number of amides is 1. The van der Waals surface area contributed by atoms with Crippen LogP contribution in [0.3, 0.4) is 0 Å². The van der Waals surface area contributed by atoms with E-state index < -0.39 is 5.97 Å². The topological polar surface area (TPSA) is 99.3 Å². The summed E-state index contributed by atoms with van der Waals surface area (Å²) in [5, 5.41) is 16.7. The standard InChI is InChI=1S/C23H22N4O3S3/c1-26-17-10-9-14(12-18(17)32-22(26)24)16-7-5-6-15(25-16)13-19-21(30)27(23(31)33-19)11-4-2-3-8-20(28)29/h5-7,9-10,12-13,24H,2-4,8,11H2,1H3,(H,28,29). The number of fused-ring (bicyclic) bond motifs is 1. The SMILES string of the molecule is Cn1c(=N)sc2cc(-c3cccc(C=C4SC(=S)N(CCCCCC(=O)O)C4=O)n3)ccc21. The van der Waals surface area contributed by atoms with Crippen molar-refractivity contribution < 1.29 is 14.7 Å². The fraction of sp³-hybridized carbons (Fsp3) is 0.261. The van der Waals surface area contributed by atoms with Crippen molar-refractivity contribution in [3.05, 3.63) is 51.8 Å². The van der Waals surface area contributed by atoms with Gasteiger partial charge in [-0.2, -0.15) is 0 Å². The van der Waals surface area contributed by atoms with Crippen molar-refractivity contribution >= 4 is 67.8 Å². The van der Waals surface area contributed by atoms with E-state index in [1.54, 1.807) is 11.0 Å². The highest BCUT2D eigenvalue weighted by Gasteiger charge is 2.31. The predicted octanol–water partition coefficient (Wildman–Crippen LogP) is 4.63. The second-order valence-electron chi connectivity index (χ2n) is 7.63. The van der Waals surface area contributed by atoms with Gasteiger partial charge in [-0.3, -0.25) is 19.9 Å². The number of thiocarbonyl (C=S) groups is 1. The summed E-state index contributed by atoms with van der Waals surface area (Å²) in [5.74, 6) is -0.936. The van der Waals surface area contributed by atoms with Gasteiger partial charge in [-0.05, 0) is 43.2 Å². The molecule has 1 aliphatic rings. The molecule has 2 N–H and O–H groups in total. The molecule has 0 atom stereocenters. The molecule has 1 aromatic carbocycles. The van der Waals surface area contributed by atoms with Crippen LogP contribution in [0.5, 0.6) is 0 Å². The third-order valence-electron chi connectivity index (χ3n) is 5.32. The van der Waals surface area contributed by atoms with E-state index >= 15 is 0 Å². The van der Waals surface area contributed by atoms with Crippen LogP contribution < -0.4 is 4.80 Å². The number of aryl methyl sites for hydroxylation is 1. The Morgan fingerprint density at radius 2 is 2.06 bits per heavy atom. The van der Waals surface area contributed by atoms with Crippen LogP contribution >= 0.6 is 35.3 Å². The quantitative estimate of drug-likeness (QED) is 0.267. The maximum atomic E-state index is 12.8. The number of thiazole rings is 1. The summed E-state index contributed by atoms with van der Waals surface area (Å²) in [4.78, 5) is 30.8. The monoisotopic (exact) mass is 498 g/mol. The molecule has 1 amide bonds. The van der Waals surface area contributed by atoms with Crippen molar-refractivity contribution in [2.24, 2.45) is 7.05 Å². The molecule has 0 radical (unpaired) electrons. The first kappa shape index (κ1) is 23.3. The number of carbonyl (C=O) groups excluding carboxylic acids is 1. The van der Waals surface area contributed by atoms with E-state index in [2.05, 4.69) is 0 Å². The van der Waals surface area contributed by atoms with Gasteiger partial charge in [0.1, 0.15) is 4.32 Å². The summed E-state index contributed by atoms with van der Waals surface area (Å²) in [6, 6.07) is 11.7. The predicted molar refractivity (Wildman–Crippen MR) is 136 cm³/mol. The number of carbonyl (C=O) groups is 2. The summed E-state index contributed by atoms with van der Waals surface area (Å²) in [6.07, 6.45) is 3.95. The zero-order chi connectivity index (χ0) is 23.5. The number of aliphatic carboxylic acids is 1. The largest absolute Gasteiger partial charge is 0.481 e. The van der Waals surface area contributed by atoms with Crippen LogP contribution in [0.15, 0.2) is 41.3 Å². The molecule has 10 heteroatoms. The van der Waals surface area contributed by atoms with Gasteiger partial charge in [0, 0.05) is 25.6 Å². The zero-order valence-corrected chi connectivity index (χ0v) is 20.4. The number of carboxylic acids is 1. The van der Waals surface area contributed by atoms with Gasteiger partial charge in [-0.15, -0.1) is 0 Å². The molecule has 33 heavy (non-hydrogen) atoms. The molecule has 0 saturated carbocycles. The van der Waals surface area contributed by atoms with Crippen LogP contribution in [0.2, 0.25) is 0 Å². The number of hydrogen-bond donors (Lipinski definition) is 2. The molecule has 2 aromatic heterocycles. The third-order valence-corrected chi connectivity index (χ3v) is 7.72. The molecule has 0 bridgehead atoms. The maximum absolute atomic E-state index is 12.8. The van der Waals surface area contributed by atoms with Gasteiger partial charge in [-0.1, -0.05) is 53.9 Å². The van der Waals surface area contributed by atoms with E-state index in [-0.39, 0.29) is 12.3 Å². The summed E-state index contributed by atoms with van der Waals surface area (Å²) < 4.78 is 3.39. The Balaban J connectivity index is 1.49. The number of thioether (sulfide) groups is 1. The Morgan fingerprint density at radius 3 is 2.85 bits per heavy atom. The lowest BCUT2D eigenvalue weighted by Gasteiger charge is -2.13. The summed E-state index contributed by atoms with van der Waals surface area (Å²) >= 11 is 8.08. The number of hydrogen-bond acceptors (Lipinski definition) is 7. The van der Waals surface area contributed by atoms with Gasteiger partial charge in [-0.25, -0.2) is 4.98 Å². The Morgan fingerprint density at radius 1 is 1.24 bits per heavy atom. The first-order valence-corrected chi connectivity index (χ1v) is 12.5. The van der Waals surface area contributed by atoms with E-state index in [1.807, 2.05) is 48.0 Å². The minimum atomic E-state index is -0.802. The molecule has 7 nitrogen and oxygen atoms in total. The fourth-order valence-corrected chi connectivity index (χ4v) is 5.79. The molecule has 1 saturated heterocycles. The van der Waals surface area contributed by atoms with Crippen LogP contribution in [0.25, 0.3) is 27.6 Å². The summed E-state index contributed by atoms with van der Waals surface area (Å²) in [7, 11) is 1.88. The van der Waals surface area contributed by atoms with Crippen LogP contribution in [0, 0.1) is 5.41 Å². The molecular weight excluding hydrogens is 476 g/mol. The van der Waals surface area contributed by atoms with Gasteiger partial charge >= 0.3 is 5.97 Å². The highest BCUT2D eigenvalue weighted by molar-refractivity contribution is 8.26. The number of aromatic nitrogens is 2. The van der Waals surface area contributed by atoms with Gasteiger partial charge in [0.15, 0.2) is 4.80 Å². The Kier molecular flexibility index (Phi) is 7.06. The van der Waals surface area contributed by atoms with E-state index in [0.717, 1.165) is 27.9 Å². The lowest BCUT2D eigenvalue weighted by Crippen LogP contribution is -2.29. The van der Waals surface area contributed by atoms with Gasteiger partial charge < -0.3 is 9.67 Å². The highest BCUT2D eigenvalue weighted by Crippen LogP contribution is 2.33. The second kappa shape index (κ2) is 9.98. The van der Waals surface area contributed by atoms with E-state index in [9.17, 15) is 9.59 Å². The number of benzene rings is 1. The fourth-order valence-electron chi connectivity index (χ4n) is 3.56. The Hall–Kier alpha value is -2.82. The van der Waals surface area contributed by atoms with Crippen molar-refractivity contribution in [1.29, 1.82) is 5.41 Å². The third kappa shape index (κ3) is 5.23. The van der Waals surface area contributed by atoms with Crippen LogP contribution in [-0.4, -0.2) is 42.3 Å².